The summed E-state index contributed by atoms with van der Waals surface area (Å²) < 4.78 is 18.7. The number of benzene rings is 2. The van der Waals surface area contributed by atoms with Gasteiger partial charge in [0, 0.05) is 36.3 Å². The summed E-state index contributed by atoms with van der Waals surface area (Å²) in [5.74, 6) is 1.38. The second-order valence-electron chi connectivity index (χ2n) is 11.8. The lowest BCUT2D eigenvalue weighted by atomic mass is 9.95. The number of phenolic OH excluding ortho intramolecular Hbond substituents is 1. The molecule has 0 spiro atoms. The number of aliphatic imine (C=N–C) groups is 2. The van der Waals surface area contributed by atoms with Crippen LogP contribution in [-0.2, 0) is 19.4 Å². The summed E-state index contributed by atoms with van der Waals surface area (Å²) in [5.41, 5.74) is 19.2. The molecule has 3 rings (SSSR count). The topological polar surface area (TPSA) is 192 Å². The summed E-state index contributed by atoms with van der Waals surface area (Å²) in [5, 5.41) is 22.4. The number of hydrogen-bond acceptors (Lipinski definition) is 8. The number of nitrogens with zero attached hydrogens (tertiary/aromatic N) is 2. The fourth-order valence-electron chi connectivity index (χ4n) is 5.27. The average molecular weight is 650 g/mol. The van der Waals surface area contributed by atoms with Crippen LogP contribution in [0.15, 0.2) is 55.1 Å². The molecule has 0 fully saturated rings. The summed E-state index contributed by atoms with van der Waals surface area (Å²) >= 11 is 0. The minimum Gasteiger partial charge on any atom is -0.507 e. The van der Waals surface area contributed by atoms with Gasteiger partial charge in [0.15, 0.2) is 5.96 Å². The minimum absolute atomic E-state index is 0.0728. The Labute approximate surface area is 276 Å². The number of fused-ring (bicyclic) bond motifs is 2. The molecule has 1 aromatic heterocycles. The third-order valence-corrected chi connectivity index (χ3v) is 7.68. The lowest BCUT2D eigenvalue weighted by Crippen LogP contribution is -2.22. The first kappa shape index (κ1) is 37.0. The number of guanidine groups is 1. The molecule has 0 amide bonds. The first-order valence-electron chi connectivity index (χ1n) is 16.3. The molecule has 0 radical (unpaired) electrons. The number of allylic oxidation sites excluding steroid dienone is 4. The van der Waals surface area contributed by atoms with E-state index < -0.39 is 0 Å². The van der Waals surface area contributed by atoms with Crippen LogP contribution in [0.3, 0.4) is 0 Å². The number of nitrogens with two attached hydrogens (primary N) is 3. The Morgan fingerprint density at radius 1 is 0.830 bits per heavy atom. The maximum absolute atomic E-state index is 14.2. The Morgan fingerprint density at radius 3 is 1.98 bits per heavy atom. The number of aliphatic hydroxyl groups is 1. The highest BCUT2D eigenvalue weighted by Gasteiger charge is 2.23. The van der Waals surface area contributed by atoms with Crippen molar-refractivity contribution in [2.75, 3.05) is 26.3 Å². The zero-order chi connectivity index (χ0) is 34.3. The van der Waals surface area contributed by atoms with Crippen LogP contribution in [0.5, 0.6) is 17.2 Å². The normalized spacial score (nSPS) is 11.8. The fraction of sp³-hybridized carbons (Fsp3) is 0.472. The Hall–Kier alpha value is -4.51. The van der Waals surface area contributed by atoms with E-state index in [4.69, 9.17) is 31.1 Å². The molecule has 11 nitrogen and oxygen atoms in total. The Kier molecular flexibility index (Phi) is 14.6. The number of hydrogen-bond donors (Lipinski definition) is 5. The van der Waals surface area contributed by atoms with Gasteiger partial charge in [-0.1, -0.05) is 23.8 Å². The van der Waals surface area contributed by atoms with Crippen molar-refractivity contribution in [2.45, 2.75) is 85.7 Å². The van der Waals surface area contributed by atoms with Gasteiger partial charge in [0.25, 0.3) is 0 Å². The van der Waals surface area contributed by atoms with E-state index in [-0.39, 0.29) is 34.7 Å². The van der Waals surface area contributed by atoms with Gasteiger partial charge in [-0.25, -0.2) is 0 Å². The number of unbranched alkanes of at least 4 members (excludes halogenated alkanes) is 4. The molecule has 0 unspecified atom stereocenters. The Bertz CT molecular complexity index is 1680. The Balaban J connectivity index is 2.06. The number of amidine groups is 1. The molecule has 0 saturated heterocycles. The van der Waals surface area contributed by atoms with E-state index >= 15 is 0 Å². The van der Waals surface area contributed by atoms with E-state index in [1.807, 2.05) is 39.0 Å². The van der Waals surface area contributed by atoms with Crippen molar-refractivity contribution in [3.63, 3.8) is 0 Å². The smallest absolute Gasteiger partial charge is 0.204 e. The van der Waals surface area contributed by atoms with Crippen molar-refractivity contribution in [3.05, 3.63) is 62.8 Å². The second-order valence-corrected chi connectivity index (χ2v) is 11.8. The van der Waals surface area contributed by atoms with Crippen LogP contribution in [0.2, 0.25) is 0 Å². The number of aliphatic hydroxyl groups excluding tert-OH is 1. The van der Waals surface area contributed by atoms with Crippen molar-refractivity contribution in [1.82, 2.24) is 0 Å². The van der Waals surface area contributed by atoms with Crippen molar-refractivity contribution in [3.8, 4) is 17.2 Å². The summed E-state index contributed by atoms with van der Waals surface area (Å²) in [6, 6.07) is 3.34. The number of phenols is 1. The standard InChI is InChI=1S/C36H51N5O6/c1-5-6-13-26-28(45-18-11-7-9-16-40-24(4)37)20-31-33(34(26)43)35(44)32-25(15-14-23(2)3)27(22-42)29(21-30(32)47-31)46-19-12-8-10-17-41-36(38)39/h5-6,14,20-21,42-43H,7-13,15-19,22H2,1-4H3,(H2,37,40)(H4,38,39,41)/b6-5-. The summed E-state index contributed by atoms with van der Waals surface area (Å²) in [7, 11) is 0. The van der Waals surface area contributed by atoms with Gasteiger partial charge in [0.05, 0.1) is 31.0 Å². The van der Waals surface area contributed by atoms with E-state index in [1.165, 1.54) is 0 Å². The molecule has 47 heavy (non-hydrogen) atoms. The molecule has 2 aromatic carbocycles. The van der Waals surface area contributed by atoms with Crippen LogP contribution in [0.1, 0.15) is 82.9 Å². The summed E-state index contributed by atoms with van der Waals surface area (Å²) in [4.78, 5) is 22.5. The van der Waals surface area contributed by atoms with Crippen molar-refractivity contribution in [1.29, 1.82) is 0 Å². The minimum atomic E-state index is -0.374. The molecule has 0 aliphatic heterocycles. The van der Waals surface area contributed by atoms with Crippen LogP contribution < -0.4 is 32.1 Å². The number of ether oxygens (including phenoxy) is 2. The zero-order valence-corrected chi connectivity index (χ0v) is 28.2. The lowest BCUT2D eigenvalue weighted by molar-refractivity contribution is 0.259. The van der Waals surface area contributed by atoms with Crippen LogP contribution in [0.25, 0.3) is 21.9 Å². The Morgan fingerprint density at radius 2 is 1.43 bits per heavy atom. The second kappa shape index (κ2) is 18.6. The predicted molar refractivity (Wildman–Crippen MR) is 191 cm³/mol. The van der Waals surface area contributed by atoms with Gasteiger partial charge in [-0.05, 0) is 84.6 Å². The summed E-state index contributed by atoms with van der Waals surface area (Å²) in [6.07, 6.45) is 11.5. The predicted octanol–water partition coefficient (Wildman–Crippen LogP) is 5.52. The van der Waals surface area contributed by atoms with Gasteiger partial charge in [-0.2, -0.15) is 0 Å². The largest absolute Gasteiger partial charge is 0.507 e. The first-order valence-corrected chi connectivity index (χ1v) is 16.3. The van der Waals surface area contributed by atoms with Crippen LogP contribution in [0, 0.1) is 0 Å². The molecule has 0 atom stereocenters. The maximum Gasteiger partial charge on any atom is 0.204 e. The van der Waals surface area contributed by atoms with E-state index in [2.05, 4.69) is 9.98 Å². The van der Waals surface area contributed by atoms with E-state index in [9.17, 15) is 15.0 Å². The summed E-state index contributed by atoms with van der Waals surface area (Å²) in [6.45, 7) is 9.31. The molecule has 11 heteroatoms. The van der Waals surface area contributed by atoms with Gasteiger partial charge in [0.1, 0.15) is 33.8 Å². The van der Waals surface area contributed by atoms with Gasteiger partial charge < -0.3 is 41.3 Å². The number of aromatic hydroxyl groups is 1. The highest BCUT2D eigenvalue weighted by molar-refractivity contribution is 5.97. The number of rotatable bonds is 19. The van der Waals surface area contributed by atoms with Crippen molar-refractivity contribution in [2.24, 2.45) is 27.2 Å². The van der Waals surface area contributed by atoms with Crippen LogP contribution in [-0.4, -0.2) is 48.3 Å². The average Bonchev–Trinajstić information content (AvgIpc) is 3.01. The quantitative estimate of drug-likeness (QED) is 0.0366. The molecule has 0 bridgehead atoms. The van der Waals surface area contributed by atoms with Crippen molar-refractivity contribution >= 4 is 33.7 Å². The molecule has 256 valence electrons. The van der Waals surface area contributed by atoms with E-state index in [0.29, 0.717) is 84.1 Å². The van der Waals surface area contributed by atoms with Crippen molar-refractivity contribution < 1.29 is 24.1 Å². The van der Waals surface area contributed by atoms with E-state index in [1.54, 1.807) is 19.1 Å². The highest BCUT2D eigenvalue weighted by atomic mass is 16.5. The maximum atomic E-state index is 14.2. The van der Waals surface area contributed by atoms with Crippen LogP contribution >= 0.6 is 0 Å². The fourth-order valence-corrected chi connectivity index (χ4v) is 5.27. The third-order valence-electron chi connectivity index (χ3n) is 7.68. The third kappa shape index (κ3) is 10.5. The lowest BCUT2D eigenvalue weighted by Gasteiger charge is -2.18. The van der Waals surface area contributed by atoms with Crippen LogP contribution in [0.4, 0.5) is 0 Å². The van der Waals surface area contributed by atoms with E-state index in [0.717, 1.165) is 44.1 Å². The highest BCUT2D eigenvalue weighted by Crippen LogP contribution is 2.39. The van der Waals surface area contributed by atoms with Gasteiger partial charge in [-0.15, -0.1) is 0 Å². The molecule has 0 aliphatic carbocycles. The molecular weight excluding hydrogens is 598 g/mol. The molecule has 3 aromatic rings. The van der Waals surface area contributed by atoms with Gasteiger partial charge >= 0.3 is 0 Å². The molecular formula is C36H51N5O6. The van der Waals surface area contributed by atoms with Gasteiger partial charge in [-0.3, -0.25) is 14.8 Å². The van der Waals surface area contributed by atoms with Gasteiger partial charge in [0.2, 0.25) is 5.43 Å². The molecule has 1 heterocycles. The molecule has 0 aliphatic rings. The molecule has 8 N–H and O–H groups in total. The SMILES string of the molecule is C/C=C\Cc1c(OCCCCCN=C(C)N)cc2oc3cc(OCCCCCN=C(N)N)c(CO)c(CC=C(C)C)c3c(=O)c2c1O. The first-order chi connectivity index (χ1) is 22.6. The monoisotopic (exact) mass is 649 g/mol. The zero-order valence-electron chi connectivity index (χ0n) is 28.2. The molecule has 0 saturated carbocycles.